The van der Waals surface area contributed by atoms with Crippen molar-refractivity contribution in [1.82, 2.24) is 9.97 Å². The third-order valence-electron chi connectivity index (χ3n) is 1.86. The van der Waals surface area contributed by atoms with Crippen LogP contribution in [0.25, 0.3) is 0 Å². The van der Waals surface area contributed by atoms with E-state index in [9.17, 15) is 18.0 Å². The van der Waals surface area contributed by atoms with Crippen LogP contribution < -0.4 is 4.98 Å². The van der Waals surface area contributed by atoms with Gasteiger partial charge in [0.05, 0.1) is 11.1 Å². The minimum atomic E-state index is -4.55. The second-order valence-electron chi connectivity index (χ2n) is 4.62. The Labute approximate surface area is 98.1 Å². The Balaban J connectivity index is 3.11. The molecule has 0 saturated heterocycles. The van der Waals surface area contributed by atoms with Crippen molar-refractivity contribution in [3.05, 3.63) is 29.6 Å². The molecule has 1 amide bonds. The van der Waals surface area contributed by atoms with E-state index in [1.807, 2.05) is 19.6 Å². The summed E-state index contributed by atoms with van der Waals surface area (Å²) in [4.78, 5) is 17.9. The number of nitrogens with one attached hydrogen (secondary N) is 1. The van der Waals surface area contributed by atoms with E-state index in [2.05, 4.69) is 9.97 Å². The summed E-state index contributed by atoms with van der Waals surface area (Å²) in [7, 11) is -1.98. The molecule has 0 saturated carbocycles. The lowest BCUT2D eigenvalue weighted by molar-refractivity contribution is -0.138. The Kier molecular flexibility index (Phi) is 3.61. The Morgan fingerprint density at radius 3 is 2.41 bits per heavy atom. The summed E-state index contributed by atoms with van der Waals surface area (Å²) in [5.41, 5.74) is -1.38. The Morgan fingerprint density at radius 2 is 1.94 bits per heavy atom. The molecule has 0 fully saturated rings. The van der Waals surface area contributed by atoms with Crippen LogP contribution in [0.1, 0.15) is 15.9 Å². The maximum Gasteiger partial charge on any atom is 0.417 e. The molecule has 0 aliphatic heterocycles. The summed E-state index contributed by atoms with van der Waals surface area (Å²) in [5, 5.41) is 0. The number of alkyl halides is 3. The molecule has 0 radical (unpaired) electrons. The van der Waals surface area contributed by atoms with Gasteiger partial charge in [0.15, 0.2) is 0 Å². The molecule has 17 heavy (non-hydrogen) atoms. The van der Waals surface area contributed by atoms with Gasteiger partial charge in [-0.25, -0.2) is 0 Å². The topological polar surface area (TPSA) is 42.0 Å². The fourth-order valence-corrected chi connectivity index (χ4v) is 2.05. The number of carbonyl (C=O) groups is 1. The number of nitrogens with zero attached hydrogens (tertiary/aromatic N) is 1. The standard InChI is InChI=1S/C10H13F3N2OSi/c1-17(2,3)15-9(16)7-6-14-5-4-8(7)10(11,12)13/h4-6H,1-3H3,(H,15,16). The molecule has 0 bridgehead atoms. The molecule has 1 heterocycles. The van der Waals surface area contributed by atoms with E-state index in [-0.39, 0.29) is 0 Å². The highest BCUT2D eigenvalue weighted by atomic mass is 28.3. The fraction of sp³-hybridized carbons (Fsp3) is 0.400. The van der Waals surface area contributed by atoms with E-state index in [1.54, 1.807) is 0 Å². The summed E-state index contributed by atoms with van der Waals surface area (Å²) in [6.45, 7) is 5.48. The summed E-state index contributed by atoms with van der Waals surface area (Å²) in [5.74, 6) is -0.718. The molecule has 0 aliphatic rings. The normalized spacial score (nSPS) is 12.4. The van der Waals surface area contributed by atoms with Crippen LogP contribution in [0, 0.1) is 0 Å². The van der Waals surface area contributed by atoms with E-state index in [0.29, 0.717) is 0 Å². The Morgan fingerprint density at radius 1 is 1.35 bits per heavy atom. The van der Waals surface area contributed by atoms with Crippen molar-refractivity contribution < 1.29 is 18.0 Å². The van der Waals surface area contributed by atoms with Crippen molar-refractivity contribution >= 4 is 14.1 Å². The number of pyridine rings is 1. The van der Waals surface area contributed by atoms with Gasteiger partial charge >= 0.3 is 6.18 Å². The molecule has 1 N–H and O–H groups in total. The van der Waals surface area contributed by atoms with Gasteiger partial charge < -0.3 is 4.98 Å². The monoisotopic (exact) mass is 262 g/mol. The molecule has 94 valence electrons. The smallest absolute Gasteiger partial charge is 0.378 e. The zero-order chi connectivity index (χ0) is 13.3. The first-order valence-corrected chi connectivity index (χ1v) is 8.45. The van der Waals surface area contributed by atoms with Crippen LogP contribution in [0.2, 0.25) is 19.6 Å². The molecule has 3 nitrogen and oxygen atoms in total. The van der Waals surface area contributed by atoms with Gasteiger partial charge in [0.2, 0.25) is 5.91 Å². The van der Waals surface area contributed by atoms with Crippen LogP contribution in [0.15, 0.2) is 18.5 Å². The third kappa shape index (κ3) is 3.85. The lowest BCUT2D eigenvalue weighted by Crippen LogP contribution is -2.45. The predicted octanol–water partition coefficient (Wildman–Crippen LogP) is 2.67. The third-order valence-corrected chi connectivity index (χ3v) is 2.84. The SMILES string of the molecule is C[Si](C)(C)NC(=O)c1cnccc1C(F)(F)F. The van der Waals surface area contributed by atoms with Crippen LogP contribution in [0.4, 0.5) is 13.2 Å². The number of aromatic nitrogens is 1. The number of hydrogen-bond donors (Lipinski definition) is 1. The van der Waals surface area contributed by atoms with Crippen molar-refractivity contribution in [3.63, 3.8) is 0 Å². The van der Waals surface area contributed by atoms with Gasteiger partial charge in [-0.2, -0.15) is 13.2 Å². The molecule has 7 heteroatoms. The van der Waals surface area contributed by atoms with E-state index in [0.717, 1.165) is 18.5 Å². The van der Waals surface area contributed by atoms with E-state index < -0.39 is 31.4 Å². The quantitative estimate of drug-likeness (QED) is 0.833. The van der Waals surface area contributed by atoms with E-state index in [4.69, 9.17) is 0 Å². The first kappa shape index (κ1) is 13.7. The number of halogens is 3. The summed E-state index contributed by atoms with van der Waals surface area (Å²) in [6, 6.07) is 0.805. The van der Waals surface area contributed by atoms with Gasteiger partial charge in [0.1, 0.15) is 8.24 Å². The van der Waals surface area contributed by atoms with E-state index >= 15 is 0 Å². The van der Waals surface area contributed by atoms with Gasteiger partial charge in [-0.15, -0.1) is 0 Å². The van der Waals surface area contributed by atoms with E-state index in [1.165, 1.54) is 0 Å². The first-order valence-electron chi connectivity index (χ1n) is 4.95. The predicted molar refractivity (Wildman–Crippen MR) is 60.1 cm³/mol. The van der Waals surface area contributed by atoms with Gasteiger partial charge in [-0.05, 0) is 6.07 Å². The summed E-state index contributed by atoms with van der Waals surface area (Å²) in [6.07, 6.45) is -2.58. The highest BCUT2D eigenvalue weighted by Gasteiger charge is 2.35. The van der Waals surface area contributed by atoms with Crippen molar-refractivity contribution in [2.24, 2.45) is 0 Å². The molecular formula is C10H13F3N2OSi. The Bertz CT molecular complexity index is 426. The van der Waals surface area contributed by atoms with Gasteiger partial charge in [0, 0.05) is 12.4 Å². The zero-order valence-corrected chi connectivity index (χ0v) is 10.7. The maximum absolute atomic E-state index is 12.6. The van der Waals surface area contributed by atoms with Crippen LogP contribution in [0.5, 0.6) is 0 Å². The van der Waals surface area contributed by atoms with Gasteiger partial charge in [-0.1, -0.05) is 19.6 Å². The minimum Gasteiger partial charge on any atom is -0.378 e. The highest BCUT2D eigenvalue weighted by Crippen LogP contribution is 2.31. The minimum absolute atomic E-state index is 0.428. The maximum atomic E-state index is 12.6. The molecule has 0 spiro atoms. The number of rotatable bonds is 2. The number of carbonyl (C=O) groups excluding carboxylic acids is 1. The van der Waals surface area contributed by atoms with Crippen LogP contribution >= 0.6 is 0 Å². The van der Waals surface area contributed by atoms with Crippen LogP contribution in [0.3, 0.4) is 0 Å². The lowest BCUT2D eigenvalue weighted by atomic mass is 10.1. The van der Waals surface area contributed by atoms with Crippen LogP contribution in [-0.2, 0) is 6.18 Å². The molecule has 0 atom stereocenters. The first-order chi connectivity index (χ1) is 7.61. The number of amides is 1. The average Bonchev–Trinajstić information content (AvgIpc) is 2.13. The van der Waals surface area contributed by atoms with Gasteiger partial charge in [-0.3, -0.25) is 9.78 Å². The summed E-state index contributed by atoms with van der Waals surface area (Å²) < 4.78 is 37.9. The van der Waals surface area contributed by atoms with Crippen molar-refractivity contribution in [2.75, 3.05) is 0 Å². The summed E-state index contributed by atoms with van der Waals surface area (Å²) >= 11 is 0. The highest BCUT2D eigenvalue weighted by molar-refractivity contribution is 6.76. The second-order valence-corrected chi connectivity index (χ2v) is 9.37. The Hall–Kier alpha value is -1.37. The number of hydrogen-bond acceptors (Lipinski definition) is 2. The average molecular weight is 262 g/mol. The fourth-order valence-electron chi connectivity index (χ4n) is 1.23. The molecule has 0 aliphatic carbocycles. The molecule has 1 aromatic heterocycles. The van der Waals surface area contributed by atoms with Gasteiger partial charge in [0.25, 0.3) is 0 Å². The molecule has 0 aromatic carbocycles. The second kappa shape index (κ2) is 4.48. The lowest BCUT2D eigenvalue weighted by Gasteiger charge is -2.19. The zero-order valence-electron chi connectivity index (χ0n) is 9.72. The molecule has 1 aromatic rings. The van der Waals surface area contributed by atoms with Crippen LogP contribution in [-0.4, -0.2) is 19.1 Å². The molecular weight excluding hydrogens is 249 g/mol. The molecule has 1 rings (SSSR count). The largest absolute Gasteiger partial charge is 0.417 e. The van der Waals surface area contributed by atoms with Crippen molar-refractivity contribution in [2.45, 2.75) is 25.8 Å². The molecule has 0 unspecified atom stereocenters. The van der Waals surface area contributed by atoms with Crippen molar-refractivity contribution in [1.29, 1.82) is 0 Å². The van der Waals surface area contributed by atoms with Crippen molar-refractivity contribution in [3.8, 4) is 0 Å².